The first-order chi connectivity index (χ1) is 23.6. The molecule has 0 aliphatic carbocycles. The Balaban J connectivity index is 1.55. The number of nitrogens with zero attached hydrogens (tertiary/aromatic N) is 2. The number of epoxide rings is 1. The third-order valence-corrected chi connectivity index (χ3v) is 12.9. The van der Waals surface area contributed by atoms with Gasteiger partial charge in [0.2, 0.25) is 5.79 Å². The van der Waals surface area contributed by atoms with Crippen LogP contribution in [0.5, 0.6) is 0 Å². The molecule has 51 heavy (non-hydrogen) atoms. The molecule has 5 saturated heterocycles. The van der Waals surface area contributed by atoms with Crippen LogP contribution in [-0.4, -0.2) is 149 Å². The zero-order valence-electron chi connectivity index (χ0n) is 33.3. The van der Waals surface area contributed by atoms with Gasteiger partial charge in [-0.3, -0.25) is 4.79 Å². The van der Waals surface area contributed by atoms with E-state index in [4.69, 9.17) is 33.2 Å². The highest BCUT2D eigenvalue weighted by Gasteiger charge is 2.76. The largest absolute Gasteiger partial charge is 0.459 e. The lowest BCUT2D eigenvalue weighted by Gasteiger charge is -2.58. The van der Waals surface area contributed by atoms with Crippen molar-refractivity contribution in [3.63, 3.8) is 0 Å². The van der Waals surface area contributed by atoms with Crippen molar-refractivity contribution in [1.82, 2.24) is 9.80 Å². The molecule has 0 aromatic heterocycles. The molecule has 0 bridgehead atoms. The van der Waals surface area contributed by atoms with E-state index in [-0.39, 0.29) is 37.0 Å². The Morgan fingerprint density at radius 2 is 1.73 bits per heavy atom. The molecule has 296 valence electrons. The van der Waals surface area contributed by atoms with E-state index < -0.39 is 83.4 Å². The number of likely N-dealkylation sites (N-methyl/N-ethyl adjacent to an activating group) is 1. The average Bonchev–Trinajstić information content (AvgIpc) is 3.78. The van der Waals surface area contributed by atoms with E-state index in [0.717, 1.165) is 6.42 Å². The Bertz CT molecular complexity index is 1220. The first kappa shape index (κ1) is 41.2. The molecular weight excluding hydrogens is 660 g/mol. The SMILES string of the molecule is CC[C@H]1OC(=O)[C@H]2[C@@H](OC23CC2(OC)OC2C(C)O3)[C@H](C)[C@@H](OC2CC(N(C)C(C)C)CC(C)O2)[C@@](C)(O)C[C@@H](C)CN(C)[C@H](C)[C@@H](O)[C@]1(C)O. The van der Waals surface area contributed by atoms with Crippen LogP contribution >= 0.6 is 0 Å². The minimum absolute atomic E-state index is 0.0450. The van der Waals surface area contributed by atoms with Crippen molar-refractivity contribution < 1.29 is 53.3 Å². The number of carbonyl (C=O) groups excluding carboxylic acids is 1. The van der Waals surface area contributed by atoms with E-state index in [1.807, 2.05) is 46.6 Å². The van der Waals surface area contributed by atoms with Crippen LogP contribution in [0.25, 0.3) is 0 Å². The maximum absolute atomic E-state index is 14.6. The minimum atomic E-state index is -1.77. The summed E-state index contributed by atoms with van der Waals surface area (Å²) in [6.45, 7) is 19.7. The predicted octanol–water partition coefficient (Wildman–Crippen LogP) is 3.05. The number of aliphatic hydroxyl groups excluding tert-OH is 1. The number of carbonyl (C=O) groups is 1. The highest BCUT2D eigenvalue weighted by Crippen LogP contribution is 2.60. The number of fused-ring (bicyclic) bond motifs is 3. The average molecular weight is 729 g/mol. The van der Waals surface area contributed by atoms with E-state index >= 15 is 0 Å². The lowest BCUT2D eigenvalue weighted by atomic mass is 9.70. The van der Waals surface area contributed by atoms with Gasteiger partial charge < -0.3 is 58.3 Å². The quantitative estimate of drug-likeness (QED) is 0.272. The first-order valence-electron chi connectivity index (χ1n) is 19.3. The van der Waals surface area contributed by atoms with Crippen LogP contribution in [0.3, 0.4) is 0 Å². The minimum Gasteiger partial charge on any atom is -0.459 e. The number of aliphatic hydroxyl groups is 3. The molecule has 1 spiro atoms. The summed E-state index contributed by atoms with van der Waals surface area (Å²) in [7, 11) is 5.58. The predicted molar refractivity (Wildman–Crippen MR) is 188 cm³/mol. The summed E-state index contributed by atoms with van der Waals surface area (Å²) in [6, 6.07) is 0.0605. The number of hydrogen-bond acceptors (Lipinski definition) is 13. The number of hydrogen-bond donors (Lipinski definition) is 3. The first-order valence-corrected chi connectivity index (χ1v) is 19.3. The fourth-order valence-electron chi connectivity index (χ4n) is 9.68. The number of esters is 1. The summed E-state index contributed by atoms with van der Waals surface area (Å²) in [6.07, 6.45) is -3.06. The Labute approximate surface area is 305 Å². The summed E-state index contributed by atoms with van der Waals surface area (Å²) in [4.78, 5) is 18.9. The van der Waals surface area contributed by atoms with Gasteiger partial charge in [-0.1, -0.05) is 20.8 Å². The molecule has 5 aliphatic rings. The summed E-state index contributed by atoms with van der Waals surface area (Å²) in [5.74, 6) is -4.59. The summed E-state index contributed by atoms with van der Waals surface area (Å²) >= 11 is 0. The monoisotopic (exact) mass is 728 g/mol. The van der Waals surface area contributed by atoms with Crippen molar-refractivity contribution in [2.24, 2.45) is 17.8 Å². The van der Waals surface area contributed by atoms with Crippen LogP contribution in [0, 0.1) is 17.8 Å². The van der Waals surface area contributed by atoms with Gasteiger partial charge in [-0.05, 0) is 87.7 Å². The Hall–Kier alpha value is -0.970. The number of cyclic esters (lactones) is 1. The molecule has 0 aromatic carbocycles. The van der Waals surface area contributed by atoms with E-state index in [2.05, 4.69) is 32.7 Å². The Morgan fingerprint density at radius 3 is 2.33 bits per heavy atom. The molecule has 7 unspecified atom stereocenters. The molecule has 13 nitrogen and oxygen atoms in total. The molecule has 0 radical (unpaired) electrons. The normalized spacial score (nSPS) is 51.6. The van der Waals surface area contributed by atoms with Gasteiger partial charge in [0.05, 0.1) is 36.4 Å². The van der Waals surface area contributed by atoms with Gasteiger partial charge in [-0.2, -0.15) is 0 Å². The van der Waals surface area contributed by atoms with E-state index in [9.17, 15) is 20.1 Å². The van der Waals surface area contributed by atoms with E-state index in [1.54, 1.807) is 14.0 Å². The van der Waals surface area contributed by atoms with Crippen molar-refractivity contribution in [3.05, 3.63) is 0 Å². The van der Waals surface area contributed by atoms with Crippen LogP contribution in [0.1, 0.15) is 101 Å². The van der Waals surface area contributed by atoms with Crippen LogP contribution in [0.15, 0.2) is 0 Å². The standard InChI is InChI=1S/C38H68N2O11/c1-14-27-36(10,44)31(41)24(7)39(11)18-21(4)17-35(9,43)32(48-28-16-26(15-22(5)46-28)40(12)20(2)3)23(6)30-29(34(42)47-27)37(50-30)19-38(45-13)33(51-38)25(8)49-37/h20-33,41,43-44H,14-19H2,1-13H3/t21-,22?,23+,24-,25?,26?,27-,28?,29-,30+,31-,32-,33?,35+,36-,37?,38?/m1/s1. The molecule has 0 aromatic rings. The van der Waals surface area contributed by atoms with Gasteiger partial charge in [-0.15, -0.1) is 0 Å². The number of rotatable bonds is 6. The summed E-state index contributed by atoms with van der Waals surface area (Å²) < 4.78 is 44.5. The third-order valence-electron chi connectivity index (χ3n) is 12.9. The maximum Gasteiger partial charge on any atom is 0.317 e. The van der Waals surface area contributed by atoms with Crippen LogP contribution in [-0.2, 0) is 38.0 Å². The number of methoxy groups -OCH3 is 1. The highest BCUT2D eigenvalue weighted by molar-refractivity contribution is 5.76. The van der Waals surface area contributed by atoms with Crippen LogP contribution in [0.2, 0.25) is 0 Å². The second-order valence-electron chi connectivity index (χ2n) is 17.5. The molecular formula is C38H68N2O11. The molecule has 13 heteroatoms. The molecule has 0 saturated carbocycles. The lowest BCUT2D eigenvalue weighted by Crippen LogP contribution is -2.72. The van der Waals surface area contributed by atoms with Crippen molar-refractivity contribution in [3.8, 4) is 0 Å². The second kappa shape index (κ2) is 14.9. The van der Waals surface area contributed by atoms with Gasteiger partial charge in [0, 0.05) is 44.1 Å². The second-order valence-corrected chi connectivity index (χ2v) is 17.5. The van der Waals surface area contributed by atoms with Gasteiger partial charge in [0.1, 0.15) is 29.8 Å². The van der Waals surface area contributed by atoms with Gasteiger partial charge in [0.15, 0.2) is 12.1 Å². The summed E-state index contributed by atoms with van der Waals surface area (Å²) in [5, 5.41) is 35.9. The molecule has 5 rings (SSSR count). The molecule has 5 fully saturated rings. The highest BCUT2D eigenvalue weighted by atomic mass is 16.8. The van der Waals surface area contributed by atoms with E-state index in [0.29, 0.717) is 25.4 Å². The number of ether oxygens (including phenoxy) is 7. The Kier molecular flexibility index (Phi) is 12.1. The molecule has 3 N–H and O–H groups in total. The van der Waals surface area contributed by atoms with Crippen LogP contribution in [0.4, 0.5) is 0 Å². The third kappa shape index (κ3) is 7.78. The molecule has 5 heterocycles. The van der Waals surface area contributed by atoms with Crippen molar-refractivity contribution in [2.45, 2.75) is 191 Å². The van der Waals surface area contributed by atoms with Gasteiger partial charge in [0.25, 0.3) is 0 Å². The topological polar surface area (TPSA) is 152 Å². The smallest absolute Gasteiger partial charge is 0.317 e. The molecule has 5 aliphatic heterocycles. The van der Waals surface area contributed by atoms with Crippen molar-refractivity contribution in [1.29, 1.82) is 0 Å². The fourth-order valence-corrected chi connectivity index (χ4v) is 9.68. The zero-order valence-corrected chi connectivity index (χ0v) is 33.3. The fraction of sp³-hybridized carbons (Fsp3) is 0.974. The maximum atomic E-state index is 14.6. The Morgan fingerprint density at radius 1 is 1.06 bits per heavy atom. The summed E-state index contributed by atoms with van der Waals surface area (Å²) in [5.41, 5.74) is -3.16. The lowest BCUT2D eigenvalue weighted by molar-refractivity contribution is -0.420. The molecule has 0 amide bonds. The van der Waals surface area contributed by atoms with E-state index in [1.165, 1.54) is 6.92 Å². The van der Waals surface area contributed by atoms with Crippen molar-refractivity contribution >= 4 is 5.97 Å². The van der Waals surface area contributed by atoms with Gasteiger partial charge in [-0.25, -0.2) is 0 Å². The van der Waals surface area contributed by atoms with Crippen LogP contribution < -0.4 is 0 Å². The molecule has 17 atom stereocenters. The van der Waals surface area contributed by atoms with Gasteiger partial charge >= 0.3 is 5.97 Å². The zero-order chi connectivity index (χ0) is 38.0. The van der Waals surface area contributed by atoms with Crippen molar-refractivity contribution in [2.75, 3.05) is 27.7 Å².